The molecule has 27 heavy (non-hydrogen) atoms. The van der Waals surface area contributed by atoms with Crippen molar-refractivity contribution in [1.82, 2.24) is 0 Å². The van der Waals surface area contributed by atoms with Crippen molar-refractivity contribution in [2.45, 2.75) is 124 Å². The summed E-state index contributed by atoms with van der Waals surface area (Å²) in [5.41, 5.74) is 0. The molecule has 0 amide bonds. The third-order valence-electron chi connectivity index (χ3n) is 4.09. The van der Waals surface area contributed by atoms with Crippen molar-refractivity contribution in [1.29, 1.82) is 0 Å². The van der Waals surface area contributed by atoms with Crippen LogP contribution in [0.2, 0.25) is 0 Å². The van der Waals surface area contributed by atoms with Crippen molar-refractivity contribution in [2.75, 3.05) is 6.61 Å². The standard InChI is InChI=1S/C19H38O2.C2H5NO3/c1-4-5-6-7-8-9-10-11-12-13-14-15-16-17-19(20)21-18(2)3;1-2-6-3(4)5/h18H,4-17H2,1-3H3;2H2,1H3. The van der Waals surface area contributed by atoms with E-state index in [1.165, 1.54) is 77.0 Å². The Morgan fingerprint density at radius 1 is 0.815 bits per heavy atom. The molecule has 0 bridgehead atoms. The highest BCUT2D eigenvalue weighted by Gasteiger charge is 2.04. The number of esters is 1. The molecule has 0 heterocycles. The molecule has 0 spiro atoms. The van der Waals surface area contributed by atoms with Crippen LogP contribution in [0.25, 0.3) is 0 Å². The topological polar surface area (TPSA) is 78.7 Å². The highest BCUT2D eigenvalue weighted by Crippen LogP contribution is 2.13. The quantitative estimate of drug-likeness (QED) is 0.121. The van der Waals surface area contributed by atoms with Gasteiger partial charge in [0.2, 0.25) is 0 Å². The summed E-state index contributed by atoms with van der Waals surface area (Å²) in [6.07, 6.45) is 18.0. The Labute approximate surface area is 166 Å². The van der Waals surface area contributed by atoms with Crippen LogP contribution in [-0.2, 0) is 14.4 Å². The summed E-state index contributed by atoms with van der Waals surface area (Å²) in [7, 11) is 0. The van der Waals surface area contributed by atoms with E-state index in [4.69, 9.17) is 4.74 Å². The van der Waals surface area contributed by atoms with Crippen LogP contribution in [0.4, 0.5) is 0 Å². The lowest BCUT2D eigenvalue weighted by atomic mass is 10.0. The van der Waals surface area contributed by atoms with Crippen LogP contribution in [0.15, 0.2) is 0 Å². The molecule has 0 rings (SSSR count). The summed E-state index contributed by atoms with van der Waals surface area (Å²) in [5.74, 6) is -0.0342. The molecule has 0 aromatic rings. The largest absolute Gasteiger partial charge is 0.463 e. The fourth-order valence-electron chi connectivity index (χ4n) is 2.71. The van der Waals surface area contributed by atoms with E-state index in [1.54, 1.807) is 6.92 Å². The second-order valence-corrected chi connectivity index (χ2v) is 7.17. The maximum Gasteiger partial charge on any atom is 0.306 e. The van der Waals surface area contributed by atoms with Gasteiger partial charge in [0.05, 0.1) is 12.7 Å². The SMILES string of the molecule is CCCCCCCCCCCCCCCC(=O)OC(C)C.CCO[N+](=O)[O-]. The van der Waals surface area contributed by atoms with Crippen LogP contribution in [0.1, 0.15) is 118 Å². The molecule has 0 saturated carbocycles. The fourth-order valence-corrected chi connectivity index (χ4v) is 2.71. The number of nitrogens with zero attached hydrogens (tertiary/aromatic N) is 1. The molecular formula is C21H43NO5. The van der Waals surface area contributed by atoms with Crippen LogP contribution in [0, 0.1) is 10.1 Å². The van der Waals surface area contributed by atoms with Gasteiger partial charge in [0.25, 0.3) is 5.09 Å². The van der Waals surface area contributed by atoms with Crippen molar-refractivity contribution >= 4 is 5.97 Å². The lowest BCUT2D eigenvalue weighted by molar-refractivity contribution is -0.756. The van der Waals surface area contributed by atoms with E-state index in [1.807, 2.05) is 13.8 Å². The molecule has 0 unspecified atom stereocenters. The van der Waals surface area contributed by atoms with E-state index in [0.29, 0.717) is 6.42 Å². The summed E-state index contributed by atoms with van der Waals surface area (Å²) in [5, 5.41) is 8.36. The van der Waals surface area contributed by atoms with Gasteiger partial charge in [-0.25, -0.2) is 0 Å². The summed E-state index contributed by atoms with van der Waals surface area (Å²) in [6, 6.07) is 0. The summed E-state index contributed by atoms with van der Waals surface area (Å²) in [4.78, 5) is 24.3. The lowest BCUT2D eigenvalue weighted by Gasteiger charge is -2.07. The van der Waals surface area contributed by atoms with E-state index in [0.717, 1.165) is 6.42 Å². The highest BCUT2D eigenvalue weighted by molar-refractivity contribution is 5.69. The predicted molar refractivity (Wildman–Crippen MR) is 110 cm³/mol. The zero-order chi connectivity index (χ0) is 20.8. The van der Waals surface area contributed by atoms with Gasteiger partial charge < -0.3 is 9.57 Å². The van der Waals surface area contributed by atoms with Crippen molar-refractivity contribution in [3.63, 3.8) is 0 Å². The summed E-state index contributed by atoms with van der Waals surface area (Å²) >= 11 is 0. The molecule has 162 valence electrons. The minimum atomic E-state index is -0.819. The van der Waals surface area contributed by atoms with Gasteiger partial charge in [-0.05, 0) is 27.2 Å². The zero-order valence-electron chi connectivity index (χ0n) is 18.2. The van der Waals surface area contributed by atoms with Crippen LogP contribution in [0.5, 0.6) is 0 Å². The van der Waals surface area contributed by atoms with E-state index in [-0.39, 0.29) is 18.7 Å². The molecule has 0 aliphatic carbocycles. The second-order valence-electron chi connectivity index (χ2n) is 7.17. The van der Waals surface area contributed by atoms with Crippen LogP contribution >= 0.6 is 0 Å². The van der Waals surface area contributed by atoms with Gasteiger partial charge in [-0.1, -0.05) is 84.0 Å². The van der Waals surface area contributed by atoms with E-state index < -0.39 is 5.09 Å². The maximum atomic E-state index is 11.3. The fraction of sp³-hybridized carbons (Fsp3) is 0.952. The smallest absolute Gasteiger partial charge is 0.306 e. The third-order valence-corrected chi connectivity index (χ3v) is 4.09. The first-order valence-corrected chi connectivity index (χ1v) is 10.9. The molecule has 6 nitrogen and oxygen atoms in total. The monoisotopic (exact) mass is 389 g/mol. The van der Waals surface area contributed by atoms with Gasteiger partial charge in [0.15, 0.2) is 0 Å². The number of rotatable bonds is 17. The van der Waals surface area contributed by atoms with Gasteiger partial charge in [-0.2, -0.15) is 0 Å². The molecule has 0 N–H and O–H groups in total. The van der Waals surface area contributed by atoms with Gasteiger partial charge >= 0.3 is 5.97 Å². The number of hydrogen-bond acceptors (Lipinski definition) is 5. The van der Waals surface area contributed by atoms with Crippen molar-refractivity contribution in [3.05, 3.63) is 10.1 Å². The van der Waals surface area contributed by atoms with Gasteiger partial charge in [0, 0.05) is 6.42 Å². The Kier molecular flexibility index (Phi) is 23.5. The molecule has 0 atom stereocenters. The Morgan fingerprint density at radius 3 is 1.52 bits per heavy atom. The first-order valence-electron chi connectivity index (χ1n) is 10.9. The molecule has 0 fully saturated rings. The number of hydrogen-bond donors (Lipinski definition) is 0. The second kappa shape index (κ2) is 22.7. The van der Waals surface area contributed by atoms with Crippen LogP contribution < -0.4 is 0 Å². The van der Waals surface area contributed by atoms with Crippen LogP contribution in [0.3, 0.4) is 0 Å². The molecule has 0 aromatic heterocycles. The molecule has 0 saturated heterocycles. The number of carbonyl (C=O) groups is 1. The predicted octanol–water partition coefficient (Wildman–Crippen LogP) is 6.63. The minimum absolute atomic E-state index is 0.0273. The van der Waals surface area contributed by atoms with Gasteiger partial charge in [-0.15, -0.1) is 10.1 Å². The highest BCUT2D eigenvalue weighted by atomic mass is 16.9. The average molecular weight is 390 g/mol. The summed E-state index contributed by atoms with van der Waals surface area (Å²) < 4.78 is 5.12. The van der Waals surface area contributed by atoms with E-state index >= 15 is 0 Å². The van der Waals surface area contributed by atoms with Gasteiger partial charge in [-0.3, -0.25) is 4.79 Å². The molecular weight excluding hydrogens is 346 g/mol. The first kappa shape index (κ1) is 27.9. The average Bonchev–Trinajstić information content (AvgIpc) is 2.59. The zero-order valence-corrected chi connectivity index (χ0v) is 18.2. The number of carbonyl (C=O) groups excluding carboxylic acids is 1. The lowest BCUT2D eigenvalue weighted by Crippen LogP contribution is -2.10. The van der Waals surface area contributed by atoms with Crippen LogP contribution in [-0.4, -0.2) is 23.8 Å². The Bertz CT molecular complexity index is 335. The molecule has 0 aromatic carbocycles. The van der Waals surface area contributed by atoms with E-state index in [9.17, 15) is 14.9 Å². The number of ether oxygens (including phenoxy) is 1. The van der Waals surface area contributed by atoms with Gasteiger partial charge in [0.1, 0.15) is 0 Å². The molecule has 0 aliphatic heterocycles. The minimum Gasteiger partial charge on any atom is -0.463 e. The van der Waals surface area contributed by atoms with E-state index in [2.05, 4.69) is 11.8 Å². The Balaban J connectivity index is 0. The molecule has 0 aliphatic rings. The number of unbranched alkanes of at least 4 members (excludes halogenated alkanes) is 12. The van der Waals surface area contributed by atoms with Crippen molar-refractivity contribution in [2.24, 2.45) is 0 Å². The summed E-state index contributed by atoms with van der Waals surface area (Å²) in [6.45, 7) is 7.77. The Morgan fingerprint density at radius 2 is 1.22 bits per heavy atom. The Hall–Kier alpha value is -1.33. The first-order chi connectivity index (χ1) is 12.9. The molecule has 0 radical (unpaired) electrons. The maximum absolute atomic E-state index is 11.3. The molecule has 6 heteroatoms. The normalized spacial score (nSPS) is 10.3. The third kappa shape index (κ3) is 29.7. The van der Waals surface area contributed by atoms with Crippen molar-refractivity contribution in [3.8, 4) is 0 Å². The van der Waals surface area contributed by atoms with Crippen molar-refractivity contribution < 1.29 is 19.5 Å².